The van der Waals surface area contributed by atoms with Gasteiger partial charge in [-0.2, -0.15) is 0 Å². The first-order valence-corrected chi connectivity index (χ1v) is 9.03. The largest absolute Gasteiger partial charge is 0.309 e. The van der Waals surface area contributed by atoms with E-state index in [1.54, 1.807) is 12.1 Å². The molecule has 1 fully saturated rings. The topological polar surface area (TPSA) is 61.4 Å². The van der Waals surface area contributed by atoms with Gasteiger partial charge in [0.25, 0.3) is 0 Å². The summed E-state index contributed by atoms with van der Waals surface area (Å²) in [5.74, 6) is 0.451. The number of nitrogens with one attached hydrogen (secondary N) is 2. The summed E-state index contributed by atoms with van der Waals surface area (Å²) in [4.78, 5) is 2.68. The summed E-state index contributed by atoms with van der Waals surface area (Å²) in [5, 5.41) is 3.23. The first-order chi connectivity index (χ1) is 10.0. The standard InChI is InChI=1S/C15H23N3O2S/c1-18-6-4-12(5-7-18)9-17-21(19,20)15-3-2-13-10-16-11-14(13)8-15/h2-3,8,12,16-17H,4-7,9-11H2,1H3. The van der Waals surface area contributed by atoms with Gasteiger partial charge in [-0.3, -0.25) is 0 Å². The highest BCUT2D eigenvalue weighted by molar-refractivity contribution is 7.89. The number of sulfonamides is 1. The molecule has 2 N–H and O–H groups in total. The molecule has 0 radical (unpaired) electrons. The number of likely N-dealkylation sites (tertiary alicyclic amines) is 1. The zero-order chi connectivity index (χ0) is 14.9. The molecule has 0 spiro atoms. The maximum Gasteiger partial charge on any atom is 0.240 e. The second kappa shape index (κ2) is 6.04. The SMILES string of the molecule is CN1CCC(CNS(=O)(=O)c2ccc3c(c2)CNC3)CC1. The summed E-state index contributed by atoms with van der Waals surface area (Å²) in [7, 11) is -1.28. The number of nitrogens with zero attached hydrogens (tertiary/aromatic N) is 1. The molecule has 0 aromatic heterocycles. The number of hydrogen-bond donors (Lipinski definition) is 2. The number of piperidine rings is 1. The summed E-state index contributed by atoms with van der Waals surface area (Å²) in [6, 6.07) is 5.43. The molecule has 0 saturated carbocycles. The van der Waals surface area contributed by atoms with Gasteiger partial charge in [0.2, 0.25) is 10.0 Å². The maximum absolute atomic E-state index is 12.4. The fourth-order valence-electron chi connectivity index (χ4n) is 3.02. The van der Waals surface area contributed by atoms with Gasteiger partial charge in [0.1, 0.15) is 0 Å². The smallest absolute Gasteiger partial charge is 0.240 e. The fourth-order valence-corrected chi connectivity index (χ4v) is 4.18. The van der Waals surface area contributed by atoms with E-state index in [0.717, 1.165) is 44.6 Å². The van der Waals surface area contributed by atoms with Gasteiger partial charge in [-0.15, -0.1) is 0 Å². The summed E-state index contributed by atoms with van der Waals surface area (Å²) in [5.41, 5.74) is 2.29. The molecule has 1 aromatic carbocycles. The molecule has 0 amide bonds. The van der Waals surface area contributed by atoms with Gasteiger partial charge in [-0.1, -0.05) is 6.07 Å². The van der Waals surface area contributed by atoms with Crippen molar-refractivity contribution in [3.63, 3.8) is 0 Å². The van der Waals surface area contributed by atoms with Crippen LogP contribution in [0.2, 0.25) is 0 Å². The highest BCUT2D eigenvalue weighted by atomic mass is 32.2. The first-order valence-electron chi connectivity index (χ1n) is 7.55. The zero-order valence-corrected chi connectivity index (χ0v) is 13.2. The van der Waals surface area contributed by atoms with Crippen molar-refractivity contribution >= 4 is 10.0 Å². The number of benzene rings is 1. The molecule has 2 aliphatic rings. The van der Waals surface area contributed by atoms with E-state index in [1.807, 2.05) is 6.07 Å². The number of rotatable bonds is 4. The van der Waals surface area contributed by atoms with Crippen LogP contribution >= 0.6 is 0 Å². The van der Waals surface area contributed by atoms with E-state index in [1.165, 1.54) is 5.56 Å². The molecule has 3 rings (SSSR count). The van der Waals surface area contributed by atoms with Gasteiger partial charge < -0.3 is 10.2 Å². The van der Waals surface area contributed by atoms with E-state index in [2.05, 4.69) is 22.0 Å². The van der Waals surface area contributed by atoms with Crippen LogP contribution in [0.4, 0.5) is 0 Å². The van der Waals surface area contributed by atoms with E-state index in [4.69, 9.17) is 0 Å². The maximum atomic E-state index is 12.4. The van der Waals surface area contributed by atoms with E-state index in [0.29, 0.717) is 17.4 Å². The summed E-state index contributed by atoms with van der Waals surface area (Å²) in [6.45, 7) is 4.24. The molecule has 2 heterocycles. The van der Waals surface area contributed by atoms with Crippen LogP contribution in [0.25, 0.3) is 0 Å². The van der Waals surface area contributed by atoms with Crippen LogP contribution in [0.3, 0.4) is 0 Å². The first kappa shape index (κ1) is 15.0. The average Bonchev–Trinajstić information content (AvgIpc) is 2.94. The van der Waals surface area contributed by atoms with Crippen LogP contribution in [-0.2, 0) is 23.1 Å². The predicted octanol–water partition coefficient (Wildman–Crippen LogP) is 0.910. The molecule has 6 heteroatoms. The Morgan fingerprint density at radius 1 is 1.24 bits per heavy atom. The van der Waals surface area contributed by atoms with Gasteiger partial charge in [0.15, 0.2) is 0 Å². The van der Waals surface area contributed by atoms with Crippen molar-refractivity contribution in [2.45, 2.75) is 30.8 Å². The number of hydrogen-bond acceptors (Lipinski definition) is 4. The third-order valence-corrected chi connectivity index (χ3v) is 5.94. The summed E-state index contributed by atoms with van der Waals surface area (Å²) < 4.78 is 27.6. The van der Waals surface area contributed by atoms with Gasteiger partial charge in [-0.05, 0) is 62.2 Å². The van der Waals surface area contributed by atoms with Crippen molar-refractivity contribution in [2.75, 3.05) is 26.7 Å². The van der Waals surface area contributed by atoms with Crippen molar-refractivity contribution in [2.24, 2.45) is 5.92 Å². The van der Waals surface area contributed by atoms with Crippen LogP contribution in [-0.4, -0.2) is 40.0 Å². The van der Waals surface area contributed by atoms with Gasteiger partial charge in [0, 0.05) is 19.6 Å². The molecule has 1 saturated heterocycles. The highest BCUT2D eigenvalue weighted by Gasteiger charge is 2.21. The molecule has 2 aliphatic heterocycles. The van der Waals surface area contributed by atoms with Crippen LogP contribution in [0.5, 0.6) is 0 Å². The molecule has 5 nitrogen and oxygen atoms in total. The second-order valence-electron chi connectivity index (χ2n) is 6.13. The molecule has 0 unspecified atom stereocenters. The van der Waals surface area contributed by atoms with Crippen molar-refractivity contribution in [1.82, 2.24) is 14.9 Å². The Bertz CT molecular complexity index is 607. The Kier molecular flexibility index (Phi) is 4.31. The van der Waals surface area contributed by atoms with Crippen molar-refractivity contribution in [3.05, 3.63) is 29.3 Å². The van der Waals surface area contributed by atoms with Crippen LogP contribution < -0.4 is 10.0 Å². The van der Waals surface area contributed by atoms with Crippen molar-refractivity contribution in [3.8, 4) is 0 Å². The second-order valence-corrected chi connectivity index (χ2v) is 7.90. The van der Waals surface area contributed by atoms with E-state index >= 15 is 0 Å². The van der Waals surface area contributed by atoms with Gasteiger partial charge in [0.05, 0.1) is 4.90 Å². The lowest BCUT2D eigenvalue weighted by atomic mass is 9.98. The Morgan fingerprint density at radius 3 is 2.71 bits per heavy atom. The molecular formula is C15H23N3O2S. The lowest BCUT2D eigenvalue weighted by Crippen LogP contribution is -2.36. The van der Waals surface area contributed by atoms with E-state index in [-0.39, 0.29) is 0 Å². The Balaban J connectivity index is 1.64. The summed E-state index contributed by atoms with van der Waals surface area (Å²) >= 11 is 0. The third kappa shape index (κ3) is 3.45. The van der Waals surface area contributed by atoms with Crippen LogP contribution in [0.15, 0.2) is 23.1 Å². The Hall–Kier alpha value is -0.950. The molecule has 1 aromatic rings. The quantitative estimate of drug-likeness (QED) is 0.868. The molecular weight excluding hydrogens is 286 g/mol. The van der Waals surface area contributed by atoms with Crippen molar-refractivity contribution in [1.29, 1.82) is 0 Å². The molecule has 0 aliphatic carbocycles. The normalized spacial score (nSPS) is 20.6. The highest BCUT2D eigenvalue weighted by Crippen LogP contribution is 2.21. The molecule has 116 valence electrons. The minimum atomic E-state index is -3.39. The van der Waals surface area contributed by atoms with Gasteiger partial charge in [-0.25, -0.2) is 13.1 Å². The monoisotopic (exact) mass is 309 g/mol. The minimum absolute atomic E-state index is 0.387. The zero-order valence-electron chi connectivity index (χ0n) is 12.4. The van der Waals surface area contributed by atoms with Gasteiger partial charge >= 0.3 is 0 Å². The van der Waals surface area contributed by atoms with Crippen LogP contribution in [0, 0.1) is 5.92 Å². The molecule has 0 bridgehead atoms. The lowest BCUT2D eigenvalue weighted by Gasteiger charge is -2.28. The third-order valence-electron chi connectivity index (χ3n) is 4.52. The molecule has 21 heavy (non-hydrogen) atoms. The minimum Gasteiger partial charge on any atom is -0.309 e. The predicted molar refractivity (Wildman–Crippen MR) is 82.4 cm³/mol. The van der Waals surface area contributed by atoms with Crippen molar-refractivity contribution < 1.29 is 8.42 Å². The van der Waals surface area contributed by atoms with Crippen LogP contribution in [0.1, 0.15) is 24.0 Å². The number of fused-ring (bicyclic) bond motifs is 1. The Labute approximate surface area is 126 Å². The van der Waals surface area contributed by atoms with E-state index in [9.17, 15) is 8.42 Å². The van der Waals surface area contributed by atoms with E-state index < -0.39 is 10.0 Å². The Morgan fingerprint density at radius 2 is 1.95 bits per heavy atom. The fraction of sp³-hybridized carbons (Fsp3) is 0.600. The molecule has 0 atom stereocenters. The summed E-state index contributed by atoms with van der Waals surface area (Å²) in [6.07, 6.45) is 2.13. The average molecular weight is 309 g/mol. The lowest BCUT2D eigenvalue weighted by molar-refractivity contribution is 0.220.